The van der Waals surface area contributed by atoms with Crippen molar-refractivity contribution in [3.8, 4) is 0 Å². The number of benzene rings is 1. The van der Waals surface area contributed by atoms with Crippen LogP contribution in [-0.2, 0) is 6.42 Å². The summed E-state index contributed by atoms with van der Waals surface area (Å²) in [6.07, 6.45) is 5.65. The van der Waals surface area contributed by atoms with Crippen LogP contribution in [0.1, 0.15) is 23.8 Å². The van der Waals surface area contributed by atoms with Crippen LogP contribution in [-0.4, -0.2) is 4.99 Å². The van der Waals surface area contributed by atoms with Crippen LogP contribution in [0.15, 0.2) is 66.3 Å². The zero-order valence-electron chi connectivity index (χ0n) is 14.8. The van der Waals surface area contributed by atoms with E-state index >= 15 is 0 Å². The molecular formula is C21H19FN2OS2. The van der Waals surface area contributed by atoms with Gasteiger partial charge in [-0.2, -0.15) is 4.57 Å². The molecule has 1 aromatic carbocycles. The smallest absolute Gasteiger partial charge is 0.239 e. The molecule has 3 nitrogen and oxygen atoms in total. The van der Waals surface area contributed by atoms with E-state index in [0.717, 1.165) is 12.8 Å². The fraction of sp³-hybridized carbons (Fsp3) is 0.143. The number of thiocarbonyl (C=S) groups is 1. The maximum Gasteiger partial charge on any atom is 0.239 e. The molecular weight excluding hydrogens is 379 g/mol. The summed E-state index contributed by atoms with van der Waals surface area (Å²) < 4.78 is 15.7. The highest BCUT2D eigenvalue weighted by atomic mass is 32.1. The highest BCUT2D eigenvalue weighted by Crippen LogP contribution is 2.21. The van der Waals surface area contributed by atoms with Gasteiger partial charge in [-0.25, -0.2) is 4.39 Å². The van der Waals surface area contributed by atoms with Crippen LogP contribution in [0.2, 0.25) is 0 Å². The molecule has 27 heavy (non-hydrogen) atoms. The van der Waals surface area contributed by atoms with Crippen molar-refractivity contribution < 1.29 is 14.1 Å². The summed E-state index contributed by atoms with van der Waals surface area (Å²) in [4.78, 5) is 0.750. The number of aromatic nitrogens is 1. The van der Waals surface area contributed by atoms with Crippen molar-refractivity contribution in [1.82, 2.24) is 0 Å². The van der Waals surface area contributed by atoms with Crippen LogP contribution >= 0.6 is 23.6 Å². The number of nitrogens with one attached hydrogen (secondary N) is 1. The first-order valence-electron chi connectivity index (χ1n) is 8.61. The number of anilines is 1. The summed E-state index contributed by atoms with van der Waals surface area (Å²) in [7, 11) is 0. The fourth-order valence-corrected chi connectivity index (χ4v) is 3.64. The zero-order valence-corrected chi connectivity index (χ0v) is 16.4. The highest BCUT2D eigenvalue weighted by molar-refractivity contribution is 7.81. The van der Waals surface area contributed by atoms with Crippen molar-refractivity contribution in [2.75, 3.05) is 5.32 Å². The largest absolute Gasteiger partial charge is 0.867 e. The topological polar surface area (TPSA) is 39.0 Å². The van der Waals surface area contributed by atoms with E-state index in [2.05, 4.69) is 12.2 Å². The maximum atomic E-state index is 14.0. The van der Waals surface area contributed by atoms with Crippen LogP contribution < -0.4 is 15.0 Å². The van der Waals surface area contributed by atoms with Crippen LogP contribution in [0.3, 0.4) is 0 Å². The zero-order chi connectivity index (χ0) is 19.2. The number of hydrogen-bond acceptors (Lipinski definition) is 3. The molecule has 1 N–H and O–H groups in total. The second-order valence-electron chi connectivity index (χ2n) is 5.95. The van der Waals surface area contributed by atoms with Crippen molar-refractivity contribution in [1.29, 1.82) is 0 Å². The minimum Gasteiger partial charge on any atom is -0.867 e. The Morgan fingerprint density at radius 1 is 1.15 bits per heavy atom. The average Bonchev–Trinajstić information content (AvgIpc) is 3.20. The normalized spacial score (nSPS) is 11.8. The molecule has 2 aromatic heterocycles. The molecule has 0 bridgehead atoms. The van der Waals surface area contributed by atoms with Crippen LogP contribution in [0, 0.1) is 5.82 Å². The molecule has 0 saturated heterocycles. The van der Waals surface area contributed by atoms with Crippen molar-refractivity contribution in [3.05, 3.63) is 82.6 Å². The Balaban J connectivity index is 2.01. The number of rotatable bonds is 6. The van der Waals surface area contributed by atoms with Gasteiger partial charge in [-0.05, 0) is 41.3 Å². The molecule has 0 aliphatic rings. The van der Waals surface area contributed by atoms with Gasteiger partial charge in [-0.1, -0.05) is 43.8 Å². The van der Waals surface area contributed by atoms with E-state index < -0.39 is 5.82 Å². The van der Waals surface area contributed by atoms with E-state index in [9.17, 15) is 9.50 Å². The lowest BCUT2D eigenvalue weighted by atomic mass is 10.1. The number of nitrogens with zero attached hydrogens (tertiary/aromatic N) is 1. The molecule has 138 valence electrons. The van der Waals surface area contributed by atoms with Gasteiger partial charge in [0.15, 0.2) is 17.4 Å². The maximum absolute atomic E-state index is 14.0. The Morgan fingerprint density at radius 2 is 1.89 bits per heavy atom. The third-order valence-electron chi connectivity index (χ3n) is 3.99. The van der Waals surface area contributed by atoms with E-state index in [1.54, 1.807) is 28.8 Å². The number of para-hydroxylation sites is 1. The van der Waals surface area contributed by atoms with Crippen LogP contribution in [0.4, 0.5) is 10.1 Å². The van der Waals surface area contributed by atoms with E-state index in [1.165, 1.54) is 23.0 Å². The van der Waals surface area contributed by atoms with Crippen molar-refractivity contribution >= 4 is 45.7 Å². The van der Waals surface area contributed by atoms with Gasteiger partial charge in [0, 0.05) is 17.0 Å². The van der Waals surface area contributed by atoms with E-state index in [0.29, 0.717) is 10.6 Å². The Bertz CT molecular complexity index is 951. The summed E-state index contributed by atoms with van der Waals surface area (Å²) in [5.74, 6) is -0.627. The number of aryl methyl sites for hydroxylation is 1. The van der Waals surface area contributed by atoms with Gasteiger partial charge in [-0.15, -0.1) is 11.3 Å². The van der Waals surface area contributed by atoms with E-state index in [4.69, 9.17) is 12.2 Å². The molecule has 0 saturated carbocycles. The minimum absolute atomic E-state index is 0.173. The summed E-state index contributed by atoms with van der Waals surface area (Å²) in [6.45, 7) is 2.12. The molecule has 2 heterocycles. The molecule has 0 aliphatic carbocycles. The summed E-state index contributed by atoms with van der Waals surface area (Å²) in [5.41, 5.74) is 1.71. The average molecular weight is 399 g/mol. The Hall–Kier alpha value is -2.57. The predicted octanol–water partition coefficient (Wildman–Crippen LogP) is 4.25. The molecule has 0 spiro atoms. The number of hydrogen-bond donors (Lipinski definition) is 1. The van der Waals surface area contributed by atoms with Crippen molar-refractivity contribution in [3.63, 3.8) is 0 Å². The Morgan fingerprint density at radius 3 is 2.52 bits per heavy atom. The van der Waals surface area contributed by atoms with Crippen molar-refractivity contribution in [2.24, 2.45) is 0 Å². The monoisotopic (exact) mass is 398 g/mol. The summed E-state index contributed by atoms with van der Waals surface area (Å²) in [6, 6.07) is 13.8. The van der Waals surface area contributed by atoms with Gasteiger partial charge in [0.25, 0.3) is 0 Å². The SMILES string of the molecule is CCCc1cc[n+](C(C(=S)Nc2ccccc2F)=C([O-])c2cccs2)cc1. The lowest BCUT2D eigenvalue weighted by Gasteiger charge is -2.16. The number of pyridine rings is 1. The second-order valence-corrected chi connectivity index (χ2v) is 7.31. The van der Waals surface area contributed by atoms with Gasteiger partial charge in [0.05, 0.1) is 5.69 Å². The van der Waals surface area contributed by atoms with Gasteiger partial charge >= 0.3 is 0 Å². The molecule has 0 amide bonds. The minimum atomic E-state index is -0.425. The van der Waals surface area contributed by atoms with Gasteiger partial charge in [0.1, 0.15) is 5.82 Å². The molecule has 0 atom stereocenters. The predicted molar refractivity (Wildman–Crippen MR) is 111 cm³/mol. The Kier molecular flexibility index (Phi) is 6.32. The van der Waals surface area contributed by atoms with Gasteiger partial charge < -0.3 is 10.4 Å². The first-order chi connectivity index (χ1) is 13.1. The molecule has 6 heteroatoms. The summed E-state index contributed by atoms with van der Waals surface area (Å²) in [5, 5.41) is 17.8. The van der Waals surface area contributed by atoms with E-state index in [-0.39, 0.29) is 16.4 Å². The number of halogens is 1. The third kappa shape index (κ3) is 4.59. The molecule has 0 aliphatic heterocycles. The van der Waals surface area contributed by atoms with Crippen LogP contribution in [0.25, 0.3) is 11.5 Å². The molecule has 3 rings (SSSR count). The molecule has 3 aromatic rings. The molecule has 0 unspecified atom stereocenters. The molecule has 0 radical (unpaired) electrons. The fourth-order valence-electron chi connectivity index (χ4n) is 2.67. The lowest BCUT2D eigenvalue weighted by Crippen LogP contribution is -2.40. The van der Waals surface area contributed by atoms with Gasteiger partial charge in [-0.3, -0.25) is 0 Å². The first-order valence-corrected chi connectivity index (χ1v) is 9.90. The van der Waals surface area contributed by atoms with Gasteiger partial charge in [0.2, 0.25) is 5.70 Å². The number of thiophene rings is 1. The summed E-state index contributed by atoms with van der Waals surface area (Å²) >= 11 is 6.83. The third-order valence-corrected chi connectivity index (χ3v) is 5.16. The molecule has 0 fully saturated rings. The second kappa shape index (κ2) is 8.88. The Labute approximate surface area is 167 Å². The van der Waals surface area contributed by atoms with E-state index in [1.807, 2.05) is 36.0 Å². The van der Waals surface area contributed by atoms with Crippen LogP contribution in [0.5, 0.6) is 0 Å². The highest BCUT2D eigenvalue weighted by Gasteiger charge is 2.20. The standard InChI is InChI=1S/C21H19FN2OS2/c1-2-6-15-10-12-24(13-11-15)19(20(25)18-9-5-14-27-18)21(26)23-17-8-4-3-7-16(17)22/h3-5,7-14H,2,6H2,1H3,(H-,23,25,26). The first kappa shape index (κ1) is 19.2. The quantitative estimate of drug-likeness (QED) is 0.292. The lowest BCUT2D eigenvalue weighted by molar-refractivity contribution is -0.577. The van der Waals surface area contributed by atoms with Crippen molar-refractivity contribution in [2.45, 2.75) is 19.8 Å².